The van der Waals surface area contributed by atoms with Crippen molar-refractivity contribution in [3.63, 3.8) is 0 Å². The number of carbonyl (C=O) groups is 1. The van der Waals surface area contributed by atoms with Crippen LogP contribution in [0.3, 0.4) is 0 Å². The predicted molar refractivity (Wildman–Crippen MR) is 33.6 cm³/mol. The summed E-state index contributed by atoms with van der Waals surface area (Å²) in [6.45, 7) is 0.0411. The van der Waals surface area contributed by atoms with E-state index in [0.29, 0.717) is 0 Å². The molecule has 0 aromatic heterocycles. The molecule has 0 saturated heterocycles. The zero-order valence-corrected chi connectivity index (χ0v) is 5.15. The second-order valence-electron chi connectivity index (χ2n) is 1.02. The summed E-state index contributed by atoms with van der Waals surface area (Å²) < 4.78 is 4.39. The highest BCUT2D eigenvalue weighted by atomic mass is 32.1. The van der Waals surface area contributed by atoms with Gasteiger partial charge in [0.25, 0.3) is 0 Å². The molecular weight excluding hydrogens is 124 g/mol. The Morgan fingerprint density at radius 1 is 1.88 bits per heavy atom. The number of hydrogen-bond donors (Lipinski definition) is 1. The number of thiol groups is 1. The molecule has 0 aliphatic carbocycles. The molecule has 2 nitrogen and oxygen atoms in total. The molecule has 3 heteroatoms. The van der Waals surface area contributed by atoms with E-state index in [0.717, 1.165) is 0 Å². The molecule has 44 valence electrons. The molecule has 0 aliphatic rings. The van der Waals surface area contributed by atoms with Crippen molar-refractivity contribution < 1.29 is 9.53 Å². The second-order valence-corrected chi connectivity index (χ2v) is 1.34. The average Bonchev–Trinajstić information content (AvgIpc) is 1.83. The van der Waals surface area contributed by atoms with Gasteiger partial charge in [0.15, 0.2) is 6.61 Å². The maximum absolute atomic E-state index is 10.2. The third-order valence-corrected chi connectivity index (χ3v) is 0.704. The molecule has 0 saturated carbocycles. The van der Waals surface area contributed by atoms with Crippen LogP contribution >= 0.6 is 12.6 Å². The van der Waals surface area contributed by atoms with E-state index in [4.69, 9.17) is 6.42 Å². The van der Waals surface area contributed by atoms with Crippen molar-refractivity contribution >= 4 is 18.6 Å². The van der Waals surface area contributed by atoms with E-state index < -0.39 is 0 Å². The highest BCUT2D eigenvalue weighted by Gasteiger charge is 1.93. The Balaban J connectivity index is 3.15. The molecule has 0 aliphatic heterocycles. The Labute approximate surface area is 53.6 Å². The van der Waals surface area contributed by atoms with Gasteiger partial charge in [0.2, 0.25) is 0 Å². The molecule has 0 unspecified atom stereocenters. The fraction of sp³-hybridized carbons (Fsp3) is 0.400. The van der Waals surface area contributed by atoms with Gasteiger partial charge in [0.1, 0.15) is 0 Å². The van der Waals surface area contributed by atoms with Gasteiger partial charge < -0.3 is 4.74 Å². The Morgan fingerprint density at radius 2 is 2.50 bits per heavy atom. The molecule has 0 aromatic rings. The Morgan fingerprint density at radius 3 is 2.88 bits per heavy atom. The zero-order valence-electron chi connectivity index (χ0n) is 4.26. The average molecular weight is 130 g/mol. The van der Waals surface area contributed by atoms with Crippen molar-refractivity contribution in [2.24, 2.45) is 0 Å². The van der Waals surface area contributed by atoms with Crippen molar-refractivity contribution in [3.8, 4) is 12.3 Å². The van der Waals surface area contributed by atoms with Crippen molar-refractivity contribution in [3.05, 3.63) is 0 Å². The summed E-state index contributed by atoms with van der Waals surface area (Å²) in [5.74, 6) is 1.86. The predicted octanol–water partition coefficient (Wildman–Crippen LogP) is 0.0926. The van der Waals surface area contributed by atoms with E-state index in [9.17, 15) is 4.79 Å². The summed E-state index contributed by atoms with van der Waals surface area (Å²) in [5.41, 5.74) is 0. The Kier molecular flexibility index (Phi) is 4.19. The van der Waals surface area contributed by atoms with E-state index in [1.54, 1.807) is 0 Å². The fourth-order valence-corrected chi connectivity index (χ4v) is 0.259. The third kappa shape index (κ3) is 3.57. The van der Waals surface area contributed by atoms with Crippen LogP contribution in [0.15, 0.2) is 0 Å². The molecule has 0 fully saturated rings. The molecule has 0 N–H and O–H groups in total. The lowest BCUT2D eigenvalue weighted by Crippen LogP contribution is -2.04. The van der Waals surface area contributed by atoms with Gasteiger partial charge in [-0.05, 0) is 0 Å². The number of esters is 1. The van der Waals surface area contributed by atoms with Crippen LogP contribution in [-0.2, 0) is 9.53 Å². The van der Waals surface area contributed by atoms with Gasteiger partial charge in [-0.2, -0.15) is 12.6 Å². The van der Waals surface area contributed by atoms with Crippen LogP contribution in [0.5, 0.6) is 0 Å². The molecule has 0 spiro atoms. The molecular formula is C5H6O2S. The van der Waals surface area contributed by atoms with E-state index in [-0.39, 0.29) is 18.3 Å². The van der Waals surface area contributed by atoms with Crippen LogP contribution in [0, 0.1) is 12.3 Å². The summed E-state index contributed by atoms with van der Waals surface area (Å²) in [7, 11) is 0. The summed E-state index contributed by atoms with van der Waals surface area (Å²) in [5, 5.41) is 0. The topological polar surface area (TPSA) is 26.3 Å². The molecule has 8 heavy (non-hydrogen) atoms. The molecule has 0 heterocycles. The van der Waals surface area contributed by atoms with Crippen molar-refractivity contribution in [2.45, 2.75) is 0 Å². The highest BCUT2D eigenvalue weighted by Crippen LogP contribution is 1.79. The van der Waals surface area contributed by atoms with Crippen LogP contribution in [0.25, 0.3) is 0 Å². The van der Waals surface area contributed by atoms with Crippen LogP contribution in [0.4, 0.5) is 0 Å². The normalized spacial score (nSPS) is 7.50. The Hall–Kier alpha value is -0.620. The first-order valence-electron chi connectivity index (χ1n) is 2.01. The monoisotopic (exact) mass is 130 g/mol. The van der Waals surface area contributed by atoms with Gasteiger partial charge in [-0.25, -0.2) is 0 Å². The van der Waals surface area contributed by atoms with E-state index >= 15 is 0 Å². The summed E-state index contributed by atoms with van der Waals surface area (Å²) in [6, 6.07) is 0. The van der Waals surface area contributed by atoms with Gasteiger partial charge in [-0.3, -0.25) is 4.79 Å². The SMILES string of the molecule is C#CCOC(=O)CS. The second kappa shape index (κ2) is 4.54. The molecule has 0 rings (SSSR count). The molecule has 0 bridgehead atoms. The fourth-order valence-electron chi connectivity index (χ4n) is 0.168. The first-order chi connectivity index (χ1) is 3.81. The number of ether oxygens (including phenoxy) is 1. The van der Waals surface area contributed by atoms with E-state index in [2.05, 4.69) is 23.3 Å². The quantitative estimate of drug-likeness (QED) is 0.326. The van der Waals surface area contributed by atoms with Crippen molar-refractivity contribution in [2.75, 3.05) is 12.4 Å². The maximum atomic E-state index is 10.2. The van der Waals surface area contributed by atoms with Gasteiger partial charge in [0.05, 0.1) is 5.75 Å². The maximum Gasteiger partial charge on any atom is 0.316 e. The minimum absolute atomic E-state index is 0.0411. The first-order valence-corrected chi connectivity index (χ1v) is 2.64. The minimum Gasteiger partial charge on any atom is -0.452 e. The standard InChI is InChI=1S/C5H6O2S/c1-2-3-7-5(6)4-8/h1,8H,3-4H2. The molecule has 0 amide bonds. The summed E-state index contributed by atoms with van der Waals surface area (Å²) in [6.07, 6.45) is 4.78. The van der Waals surface area contributed by atoms with Crippen LogP contribution < -0.4 is 0 Å². The van der Waals surface area contributed by atoms with Crippen LogP contribution in [-0.4, -0.2) is 18.3 Å². The number of terminal acetylenes is 1. The lowest BCUT2D eigenvalue weighted by Gasteiger charge is -1.93. The highest BCUT2D eigenvalue weighted by molar-refractivity contribution is 7.81. The van der Waals surface area contributed by atoms with E-state index in [1.165, 1.54) is 0 Å². The summed E-state index contributed by atoms with van der Waals surface area (Å²) >= 11 is 3.65. The van der Waals surface area contributed by atoms with Crippen molar-refractivity contribution in [1.82, 2.24) is 0 Å². The van der Waals surface area contributed by atoms with Crippen LogP contribution in [0.1, 0.15) is 0 Å². The lowest BCUT2D eigenvalue weighted by molar-refractivity contribution is -0.138. The molecule has 0 atom stereocenters. The largest absolute Gasteiger partial charge is 0.452 e. The molecule has 0 aromatic carbocycles. The number of hydrogen-bond acceptors (Lipinski definition) is 3. The van der Waals surface area contributed by atoms with Gasteiger partial charge in [-0.15, -0.1) is 6.42 Å². The Bertz CT molecular complexity index is 114. The molecule has 0 radical (unpaired) electrons. The summed E-state index contributed by atoms with van der Waals surface area (Å²) in [4.78, 5) is 10.2. The van der Waals surface area contributed by atoms with Crippen molar-refractivity contribution in [1.29, 1.82) is 0 Å². The van der Waals surface area contributed by atoms with Gasteiger partial charge in [0, 0.05) is 0 Å². The van der Waals surface area contributed by atoms with E-state index in [1.807, 2.05) is 0 Å². The third-order valence-electron chi connectivity index (χ3n) is 0.446. The smallest absolute Gasteiger partial charge is 0.316 e. The van der Waals surface area contributed by atoms with Gasteiger partial charge in [-0.1, -0.05) is 5.92 Å². The first kappa shape index (κ1) is 7.38. The zero-order chi connectivity index (χ0) is 6.41. The number of carbonyl (C=O) groups excluding carboxylic acids is 1. The number of rotatable bonds is 2. The lowest BCUT2D eigenvalue weighted by atomic mass is 10.7. The van der Waals surface area contributed by atoms with Crippen LogP contribution in [0.2, 0.25) is 0 Å². The van der Waals surface area contributed by atoms with Gasteiger partial charge >= 0.3 is 5.97 Å². The minimum atomic E-state index is -0.383.